The normalized spacial score (nSPS) is 15.5. The second-order valence-electron chi connectivity index (χ2n) is 31.7. The molecule has 0 amide bonds. The molecule has 26 nitrogen and oxygen atoms in total. The number of esters is 6. The van der Waals surface area contributed by atoms with E-state index in [-0.39, 0.29) is 130 Å². The number of Topliss-reactive ketones (excluding diaryl/α,β-unsaturated/α-hetero) is 3. The number of aryl methyl sites for hydroxylation is 1. The van der Waals surface area contributed by atoms with Crippen LogP contribution in [0.2, 0.25) is 20.1 Å². The van der Waals surface area contributed by atoms with Gasteiger partial charge < -0.3 is 73.6 Å². The van der Waals surface area contributed by atoms with Gasteiger partial charge in [0.05, 0.1) is 94.2 Å². The molecule has 34 heteroatoms. The van der Waals surface area contributed by atoms with Crippen LogP contribution in [0.3, 0.4) is 0 Å². The fourth-order valence-corrected chi connectivity index (χ4v) is 18.0. The number of aliphatic hydroxyl groups is 3. The van der Waals surface area contributed by atoms with E-state index >= 15 is 0 Å². The fourth-order valence-electron chi connectivity index (χ4n) is 17.2. The van der Waals surface area contributed by atoms with Crippen LogP contribution in [0.15, 0.2) is 234 Å². The number of halogens is 8. The van der Waals surface area contributed by atoms with Gasteiger partial charge in [0.2, 0.25) is 17.3 Å². The average molecular weight is 1980 g/mol. The molecule has 12 aromatic rings. The number of carbonyl (C=O) groups is 9. The zero-order valence-corrected chi connectivity index (χ0v) is 79.2. The molecule has 140 heavy (non-hydrogen) atoms. The Hall–Kier alpha value is -15.0. The van der Waals surface area contributed by atoms with Crippen molar-refractivity contribution in [2.24, 2.45) is 0 Å². The lowest BCUT2D eigenvalue weighted by atomic mass is 9.81. The van der Waals surface area contributed by atoms with Crippen LogP contribution in [-0.2, 0) is 102 Å². The van der Waals surface area contributed by atoms with Crippen LogP contribution in [0.25, 0.3) is 38.3 Å². The maximum atomic E-state index is 14.3. The monoisotopic (exact) mass is 1980 g/mol. The number of nitrogens with one attached hydrogen (secondary N) is 6. The van der Waals surface area contributed by atoms with Gasteiger partial charge in [-0.05, 0) is 242 Å². The molecule has 0 aliphatic heterocycles. The predicted molar refractivity (Wildman–Crippen MR) is 516 cm³/mol. The molecule has 718 valence electrons. The highest BCUT2D eigenvalue weighted by atomic mass is 35.5. The third-order valence-corrected chi connectivity index (χ3v) is 24.9. The number of rotatable bonds is 18. The van der Waals surface area contributed by atoms with Crippen LogP contribution in [0.4, 0.5) is 23.2 Å². The molecular weight excluding hydrogens is 1890 g/mol. The molecular formula is C106H90Cl4F4N8O18. The van der Waals surface area contributed by atoms with E-state index in [1.54, 1.807) is 145 Å². The fraction of sp³-hybridized carbons (Fsp3) is 0.217. The number of allylic oxidation sites excluding steroid dienone is 6. The van der Waals surface area contributed by atoms with E-state index in [9.17, 15) is 81.3 Å². The van der Waals surface area contributed by atoms with E-state index in [0.29, 0.717) is 102 Å². The Morgan fingerprint density at radius 2 is 0.743 bits per heavy atom. The number of benzene rings is 6. The molecule has 6 heterocycles. The van der Waals surface area contributed by atoms with Gasteiger partial charge in [-0.3, -0.25) is 14.4 Å². The maximum Gasteiger partial charge on any atom is 0.416 e. The zero-order chi connectivity index (χ0) is 101. The van der Waals surface area contributed by atoms with Crippen LogP contribution in [0.1, 0.15) is 192 Å². The second-order valence-corrected chi connectivity index (χ2v) is 33.3. The van der Waals surface area contributed by atoms with Crippen molar-refractivity contribution in [2.75, 3.05) is 39.6 Å². The van der Waals surface area contributed by atoms with Crippen molar-refractivity contribution in [1.29, 1.82) is 5.26 Å². The first kappa shape index (κ1) is 102. The number of H-pyrrole nitrogens is 6. The summed E-state index contributed by atoms with van der Waals surface area (Å²) in [6, 6.07) is 47.0. The number of hydrogen-bond acceptors (Lipinski definition) is 19. The Balaban J connectivity index is 0.000000142. The molecule has 18 rings (SSSR count). The molecule has 0 radical (unpaired) electrons. The average Bonchev–Trinajstić information content (AvgIpc) is 1.14. The van der Waals surface area contributed by atoms with Crippen LogP contribution < -0.4 is 0 Å². The Labute approximate surface area is 819 Å². The molecule has 9 N–H and O–H groups in total. The van der Waals surface area contributed by atoms with Crippen molar-refractivity contribution in [2.45, 2.75) is 111 Å². The van der Waals surface area contributed by atoms with Crippen molar-refractivity contribution in [1.82, 2.24) is 29.9 Å². The summed E-state index contributed by atoms with van der Waals surface area (Å²) in [5.41, 5.74) is 14.4. The number of alkyl halides is 3. The van der Waals surface area contributed by atoms with Gasteiger partial charge in [-0.25, -0.2) is 38.0 Å². The largest absolute Gasteiger partial charge is 0.463 e. The van der Waals surface area contributed by atoms with Gasteiger partial charge in [-0.2, -0.15) is 18.4 Å². The van der Waals surface area contributed by atoms with Gasteiger partial charge in [0.1, 0.15) is 46.9 Å². The summed E-state index contributed by atoms with van der Waals surface area (Å²) in [5.74, 6) is -6.08. The number of fused-ring (bicyclic) bond motifs is 6. The minimum absolute atomic E-state index is 0.00184. The summed E-state index contributed by atoms with van der Waals surface area (Å²) in [6.07, 6.45) is 4.16. The molecule has 0 saturated carbocycles. The second kappa shape index (κ2) is 45.5. The number of ether oxygens (including phenoxy) is 6. The Bertz CT molecular complexity index is 7090. The van der Waals surface area contributed by atoms with Gasteiger partial charge in [0.25, 0.3) is 0 Å². The van der Waals surface area contributed by atoms with Gasteiger partial charge in [0, 0.05) is 126 Å². The first-order chi connectivity index (χ1) is 67.3. The molecule has 0 bridgehead atoms. The quantitative estimate of drug-likeness (QED) is 0.0127. The van der Waals surface area contributed by atoms with Gasteiger partial charge in [-0.1, -0.05) is 107 Å². The first-order valence-corrected chi connectivity index (χ1v) is 45.6. The molecule has 0 saturated heterocycles. The lowest BCUT2D eigenvalue weighted by Gasteiger charge is -2.27. The highest BCUT2D eigenvalue weighted by Crippen LogP contribution is 2.48. The van der Waals surface area contributed by atoms with E-state index in [1.807, 2.05) is 67.7 Å². The minimum Gasteiger partial charge on any atom is -0.463 e. The van der Waals surface area contributed by atoms with E-state index < -0.39 is 89.0 Å². The molecule has 6 aromatic carbocycles. The third-order valence-electron chi connectivity index (χ3n) is 23.4. The molecule has 6 aliphatic carbocycles. The summed E-state index contributed by atoms with van der Waals surface area (Å²) in [5, 5.41) is 42.6. The van der Waals surface area contributed by atoms with Crippen molar-refractivity contribution < 1.29 is 104 Å². The number of nitriles is 1. The Morgan fingerprint density at radius 1 is 0.407 bits per heavy atom. The lowest BCUT2D eigenvalue weighted by Crippen LogP contribution is -2.26. The SMILES string of the molecule is CCOC(=O)C1=C(c2ccc[nH]2)Cc2c(ccc(Cl)c2C#N)C1=O.CCOC(=O)C1=C(c2ccc[nH]2)Cc2c(ccc(Cl)c2Cl)C1O.CCOC(=O)C1=C(c2ccc[nH]2)Cc2c(ccc(Cl)c2F)C1=O.CCOC(=O)C1=C(c2ccc[nH]2)Cc2c(cccc2C(F)(F)F)C1=O.CCOC(=O)C1=C(c2ccc[nH]2)Cc2cc(C)ccc2C1O.[C-]#[N+]c1ccc2c(c1)CC(c1ccc[nH]1)=C(C(=O)OCC)C2O. The molecule has 0 fully saturated rings. The summed E-state index contributed by atoms with van der Waals surface area (Å²) < 4.78 is 84.7. The van der Waals surface area contributed by atoms with E-state index in [1.165, 1.54) is 30.3 Å². The highest BCUT2D eigenvalue weighted by molar-refractivity contribution is 6.43. The molecule has 6 aliphatic rings. The van der Waals surface area contributed by atoms with Gasteiger partial charge in [-0.15, -0.1) is 0 Å². The maximum absolute atomic E-state index is 14.3. The number of aromatic amines is 6. The van der Waals surface area contributed by atoms with E-state index in [4.69, 9.17) is 81.4 Å². The molecule has 3 unspecified atom stereocenters. The standard InChI is InChI=1S/C18H13ClN2O3.C18H14F3NO3.C18H16N2O3.C18H19NO3.C17H15Cl2NO3.C17H13ClFNO3/c1-2-24-18(23)16-12(15-4-3-7-21-15)8-11-10(17(16)22)5-6-14(19)13(11)9-20;1-2-25-17(24)15-12(14-7-4-8-22-14)9-11-10(16(15)23)5-3-6-13(11)18(19,20)21;1-3-23-18(22)16-14(15-5-4-8-20-15)10-11-9-12(19-2)6-7-13(11)17(16)21;1-3-22-18(21)16-14(15-5-4-8-19-15)10-12-9-11(2)6-7-13(12)17(16)20;2*1-2-23-17(22)14-11(13-4-3-7-20-13)8-10-9(16(14)21)5-6-12(18)15(10)19/h3-7,21H,2,8H2,1H3;3-8,22H,2,9H2,1H3;4-9,17,20-21H,3,10H2,1H3;4-9,17,19-20H,3,10H2,1-2H3;3-7,16,20-21H,2,8H2,1H3;3-7,20H,2,8H2,1H3. The Kier molecular flexibility index (Phi) is 33.3. The number of carbonyl (C=O) groups excluding carboxylic acids is 9. The summed E-state index contributed by atoms with van der Waals surface area (Å²) >= 11 is 24.3. The van der Waals surface area contributed by atoms with Crippen LogP contribution >= 0.6 is 46.4 Å². The van der Waals surface area contributed by atoms with Gasteiger partial charge >= 0.3 is 42.0 Å². The topological polar surface area (TPSA) is 393 Å². The molecule has 0 spiro atoms. The summed E-state index contributed by atoms with van der Waals surface area (Å²) in [4.78, 5) is 134. The van der Waals surface area contributed by atoms with Crippen LogP contribution in [0, 0.1) is 30.6 Å². The predicted octanol–water partition coefficient (Wildman–Crippen LogP) is 20.7. The van der Waals surface area contributed by atoms with E-state index in [2.05, 4.69) is 40.8 Å². The minimum atomic E-state index is -4.59. The highest BCUT2D eigenvalue weighted by Gasteiger charge is 2.43. The van der Waals surface area contributed by atoms with Crippen LogP contribution in [0.5, 0.6) is 0 Å². The number of aliphatic hydroxyl groups excluding tert-OH is 3. The first-order valence-electron chi connectivity index (χ1n) is 44.1. The van der Waals surface area contributed by atoms with Crippen molar-refractivity contribution >= 4 is 139 Å². The number of aromatic nitrogens is 6. The smallest absolute Gasteiger partial charge is 0.416 e. The zero-order valence-electron chi connectivity index (χ0n) is 76.2. The summed E-state index contributed by atoms with van der Waals surface area (Å²) in [7, 11) is 0. The summed E-state index contributed by atoms with van der Waals surface area (Å²) in [6.45, 7) is 20.5. The van der Waals surface area contributed by atoms with E-state index in [0.717, 1.165) is 56.5 Å². The molecule has 3 atom stereocenters. The van der Waals surface area contributed by atoms with Crippen molar-refractivity contribution in [3.8, 4) is 6.07 Å². The molecule has 6 aromatic heterocycles. The lowest BCUT2D eigenvalue weighted by molar-refractivity contribution is -0.140. The number of nitrogens with zero attached hydrogens (tertiary/aromatic N) is 2. The number of hydrogen-bond donors (Lipinski definition) is 9. The van der Waals surface area contributed by atoms with Gasteiger partial charge in [0.15, 0.2) is 5.69 Å². The third kappa shape index (κ3) is 21.8. The van der Waals surface area contributed by atoms with Crippen molar-refractivity contribution in [3.05, 3.63) is 389 Å². The van der Waals surface area contributed by atoms with Crippen LogP contribution in [-0.4, -0.2) is 138 Å². The van der Waals surface area contributed by atoms with Crippen molar-refractivity contribution in [3.63, 3.8) is 0 Å². The number of ketones is 3. The Morgan fingerprint density at radius 3 is 1.14 bits per heavy atom.